The van der Waals surface area contributed by atoms with Crippen molar-refractivity contribution in [2.75, 3.05) is 6.61 Å². The van der Waals surface area contributed by atoms with Crippen LogP contribution in [-0.2, 0) is 0 Å². The summed E-state index contributed by atoms with van der Waals surface area (Å²) >= 11 is 8.75. The Morgan fingerprint density at radius 3 is 2.81 bits per heavy atom. The number of hydrogen-bond acceptors (Lipinski definition) is 5. The Kier molecular flexibility index (Phi) is 5.75. The largest absolute Gasteiger partial charge is 0.396 e. The van der Waals surface area contributed by atoms with E-state index < -0.39 is 0 Å². The van der Waals surface area contributed by atoms with E-state index in [1.165, 1.54) is 22.7 Å². The third-order valence-electron chi connectivity index (χ3n) is 3.09. The minimum atomic E-state index is -0.126. The van der Waals surface area contributed by atoms with Crippen LogP contribution in [0.2, 0.25) is 4.34 Å². The fraction of sp³-hybridized carbons (Fsp3) is 0.429. The van der Waals surface area contributed by atoms with Gasteiger partial charge in [0, 0.05) is 12.6 Å². The predicted octanol–water partition coefficient (Wildman–Crippen LogP) is 3.72. The lowest BCUT2D eigenvalue weighted by atomic mass is 10.1. The molecule has 2 N–H and O–H groups in total. The molecule has 1 amide bonds. The summed E-state index contributed by atoms with van der Waals surface area (Å²) in [7, 11) is 0. The Hall–Kier alpha value is -0.950. The monoisotopic (exact) mass is 344 g/mol. The van der Waals surface area contributed by atoms with Crippen molar-refractivity contribution >= 4 is 40.2 Å². The van der Waals surface area contributed by atoms with Crippen LogP contribution in [0.15, 0.2) is 12.1 Å². The second kappa shape index (κ2) is 7.35. The second-order valence-corrected chi connectivity index (χ2v) is 7.34. The highest BCUT2D eigenvalue weighted by Gasteiger charge is 2.19. The van der Waals surface area contributed by atoms with Crippen LogP contribution < -0.4 is 5.32 Å². The Labute approximate surface area is 136 Å². The molecule has 4 nitrogen and oxygen atoms in total. The summed E-state index contributed by atoms with van der Waals surface area (Å²) in [5.74, 6) is -0.126. The van der Waals surface area contributed by atoms with Gasteiger partial charge in [-0.1, -0.05) is 18.5 Å². The zero-order valence-corrected chi connectivity index (χ0v) is 14.2. The van der Waals surface area contributed by atoms with Crippen LogP contribution in [0.25, 0.3) is 9.88 Å². The van der Waals surface area contributed by atoms with Crippen molar-refractivity contribution in [2.45, 2.75) is 32.7 Å². The minimum absolute atomic E-state index is 0.0105. The van der Waals surface area contributed by atoms with Crippen LogP contribution in [0.4, 0.5) is 0 Å². The summed E-state index contributed by atoms with van der Waals surface area (Å²) < 4.78 is 0.706. The van der Waals surface area contributed by atoms with Crippen LogP contribution in [0.5, 0.6) is 0 Å². The van der Waals surface area contributed by atoms with E-state index in [0.717, 1.165) is 22.0 Å². The first-order valence-electron chi connectivity index (χ1n) is 6.70. The van der Waals surface area contributed by atoms with Crippen molar-refractivity contribution in [2.24, 2.45) is 0 Å². The Morgan fingerprint density at radius 2 is 2.24 bits per heavy atom. The zero-order valence-electron chi connectivity index (χ0n) is 11.9. The molecule has 114 valence electrons. The van der Waals surface area contributed by atoms with Crippen LogP contribution in [-0.4, -0.2) is 28.6 Å². The van der Waals surface area contributed by atoms with Gasteiger partial charge in [0.2, 0.25) is 0 Å². The van der Waals surface area contributed by atoms with E-state index >= 15 is 0 Å². The first-order chi connectivity index (χ1) is 10.0. The molecule has 0 fully saturated rings. The number of thiazole rings is 1. The van der Waals surface area contributed by atoms with Crippen LogP contribution in [0.1, 0.15) is 35.1 Å². The van der Waals surface area contributed by atoms with Gasteiger partial charge in [0.05, 0.1) is 14.9 Å². The van der Waals surface area contributed by atoms with Gasteiger partial charge in [-0.3, -0.25) is 4.79 Å². The lowest BCUT2D eigenvalue weighted by Crippen LogP contribution is -2.34. The van der Waals surface area contributed by atoms with Gasteiger partial charge in [-0.05, 0) is 31.9 Å². The van der Waals surface area contributed by atoms with Gasteiger partial charge in [0.25, 0.3) is 5.91 Å². The first kappa shape index (κ1) is 16.4. The van der Waals surface area contributed by atoms with E-state index in [2.05, 4.69) is 10.3 Å². The van der Waals surface area contributed by atoms with E-state index in [0.29, 0.717) is 15.6 Å². The Bertz CT molecular complexity index is 624. The number of aliphatic hydroxyl groups is 1. The van der Waals surface area contributed by atoms with Crippen molar-refractivity contribution in [1.82, 2.24) is 10.3 Å². The van der Waals surface area contributed by atoms with Crippen molar-refractivity contribution in [3.63, 3.8) is 0 Å². The summed E-state index contributed by atoms with van der Waals surface area (Å²) in [6.45, 7) is 3.88. The molecular weight excluding hydrogens is 328 g/mol. The van der Waals surface area contributed by atoms with Crippen molar-refractivity contribution < 1.29 is 9.90 Å². The number of carbonyl (C=O) groups is 1. The summed E-state index contributed by atoms with van der Waals surface area (Å²) in [4.78, 5) is 18.4. The highest BCUT2D eigenvalue weighted by Crippen LogP contribution is 2.34. The van der Waals surface area contributed by atoms with Gasteiger partial charge in [0.15, 0.2) is 0 Å². The molecule has 2 aromatic heterocycles. The molecular formula is C14H17ClN2O2S2. The van der Waals surface area contributed by atoms with E-state index in [9.17, 15) is 4.79 Å². The smallest absolute Gasteiger partial charge is 0.263 e. The van der Waals surface area contributed by atoms with E-state index in [-0.39, 0.29) is 18.6 Å². The molecule has 0 aliphatic carbocycles. The summed E-state index contributed by atoms with van der Waals surface area (Å²) in [5, 5.41) is 12.7. The molecule has 1 atom stereocenters. The maximum Gasteiger partial charge on any atom is 0.263 e. The molecule has 2 heterocycles. The van der Waals surface area contributed by atoms with Gasteiger partial charge < -0.3 is 10.4 Å². The number of aryl methyl sites for hydroxylation is 1. The first-order valence-corrected chi connectivity index (χ1v) is 8.71. The number of nitrogens with zero attached hydrogens (tertiary/aromatic N) is 1. The highest BCUT2D eigenvalue weighted by atomic mass is 35.5. The van der Waals surface area contributed by atoms with Gasteiger partial charge in [-0.2, -0.15) is 0 Å². The minimum Gasteiger partial charge on any atom is -0.396 e. The number of hydrogen-bond donors (Lipinski definition) is 2. The molecule has 0 aliphatic heterocycles. The average molecular weight is 345 g/mol. The van der Waals surface area contributed by atoms with Gasteiger partial charge >= 0.3 is 0 Å². The number of nitrogens with one attached hydrogen (secondary N) is 1. The van der Waals surface area contributed by atoms with Gasteiger partial charge in [-0.25, -0.2) is 4.98 Å². The average Bonchev–Trinajstić information content (AvgIpc) is 3.04. The molecule has 0 saturated heterocycles. The number of carbonyl (C=O) groups excluding carboxylic acids is 1. The van der Waals surface area contributed by atoms with Crippen LogP contribution >= 0.6 is 34.3 Å². The number of rotatable bonds is 6. The van der Waals surface area contributed by atoms with Crippen LogP contribution in [0, 0.1) is 6.92 Å². The molecule has 0 aliphatic rings. The maximum atomic E-state index is 12.3. The van der Waals surface area contributed by atoms with Gasteiger partial charge in [0.1, 0.15) is 9.88 Å². The van der Waals surface area contributed by atoms with Crippen molar-refractivity contribution in [1.29, 1.82) is 0 Å². The summed E-state index contributed by atoms with van der Waals surface area (Å²) in [6.07, 6.45) is 1.35. The van der Waals surface area contributed by atoms with Crippen molar-refractivity contribution in [3.8, 4) is 9.88 Å². The van der Waals surface area contributed by atoms with E-state index in [4.69, 9.17) is 16.7 Å². The molecule has 2 aromatic rings. The topological polar surface area (TPSA) is 62.2 Å². The SMILES string of the molecule is CCC(CCO)NC(=O)c1sc(-c2ccc(Cl)s2)nc1C. The molecule has 0 bridgehead atoms. The quantitative estimate of drug-likeness (QED) is 0.839. The number of thiophene rings is 1. The molecule has 7 heteroatoms. The third-order valence-corrected chi connectivity index (χ3v) is 5.65. The Morgan fingerprint density at radius 1 is 1.48 bits per heavy atom. The summed E-state index contributed by atoms with van der Waals surface area (Å²) in [6, 6.07) is 3.73. The summed E-state index contributed by atoms with van der Waals surface area (Å²) in [5.41, 5.74) is 0.718. The lowest BCUT2D eigenvalue weighted by Gasteiger charge is -2.14. The molecule has 1 unspecified atom stereocenters. The number of amides is 1. The normalized spacial score (nSPS) is 12.4. The third kappa shape index (κ3) is 4.03. The number of aromatic nitrogens is 1. The molecule has 2 rings (SSSR count). The van der Waals surface area contributed by atoms with Crippen LogP contribution in [0.3, 0.4) is 0 Å². The maximum absolute atomic E-state index is 12.3. The molecule has 21 heavy (non-hydrogen) atoms. The highest BCUT2D eigenvalue weighted by molar-refractivity contribution is 7.24. The number of halogens is 1. The Balaban J connectivity index is 2.16. The molecule has 0 radical (unpaired) electrons. The zero-order chi connectivity index (χ0) is 15.4. The molecule has 0 aromatic carbocycles. The molecule has 0 saturated carbocycles. The van der Waals surface area contributed by atoms with E-state index in [1.807, 2.05) is 26.0 Å². The predicted molar refractivity (Wildman–Crippen MR) is 88.4 cm³/mol. The fourth-order valence-corrected chi connectivity index (χ4v) is 3.99. The van der Waals surface area contributed by atoms with E-state index in [1.54, 1.807) is 0 Å². The standard InChI is InChI=1S/C14H17ClN2O2S2/c1-3-9(6-7-18)17-13(19)12-8(2)16-14(21-12)10-4-5-11(15)20-10/h4-5,9,18H,3,6-7H2,1-2H3,(H,17,19). The van der Waals surface area contributed by atoms with Crippen molar-refractivity contribution in [3.05, 3.63) is 27.0 Å². The number of aliphatic hydroxyl groups excluding tert-OH is 1. The second-order valence-electron chi connectivity index (χ2n) is 4.63. The van der Waals surface area contributed by atoms with Gasteiger partial charge in [-0.15, -0.1) is 22.7 Å². The molecule has 0 spiro atoms. The fourth-order valence-electron chi connectivity index (χ4n) is 1.93. The lowest BCUT2D eigenvalue weighted by molar-refractivity contribution is 0.0932.